The number of aryl methyl sites for hydroxylation is 2. The van der Waals surface area contributed by atoms with E-state index < -0.39 is 18.9 Å². The summed E-state index contributed by atoms with van der Waals surface area (Å²) in [6.07, 6.45) is 9.97. The summed E-state index contributed by atoms with van der Waals surface area (Å²) in [7, 11) is 0. The Morgan fingerprint density at radius 2 is 1.08 bits per heavy atom. The molecule has 0 aromatic heterocycles. The number of benzene rings is 3. The van der Waals surface area contributed by atoms with E-state index in [0.29, 0.717) is 7.25 Å². The first-order valence-electron chi connectivity index (χ1n) is 14.3. The van der Waals surface area contributed by atoms with Gasteiger partial charge in [-0.1, -0.05) is 0 Å². The van der Waals surface area contributed by atoms with Gasteiger partial charge in [0, 0.05) is 0 Å². The molecule has 0 saturated carbocycles. The third kappa shape index (κ3) is 5.79. The minimum absolute atomic E-state index is 0. The van der Waals surface area contributed by atoms with Crippen LogP contribution in [0.3, 0.4) is 0 Å². The van der Waals surface area contributed by atoms with Gasteiger partial charge in [-0.2, -0.15) is 0 Å². The molecule has 39 heavy (non-hydrogen) atoms. The van der Waals surface area contributed by atoms with Crippen LogP contribution in [0, 0.1) is 13.8 Å². The van der Waals surface area contributed by atoms with E-state index >= 15 is 0 Å². The average Bonchev–Trinajstić information content (AvgIpc) is 3.40. The minimum Gasteiger partial charge on any atom is -0.147 e. The van der Waals surface area contributed by atoms with Crippen molar-refractivity contribution in [1.29, 1.82) is 0 Å². The Morgan fingerprint density at radius 1 is 0.641 bits per heavy atom. The Morgan fingerprint density at radius 3 is 1.49 bits per heavy atom. The maximum absolute atomic E-state index is 3.03. The molecule has 0 saturated heterocycles. The van der Waals surface area contributed by atoms with E-state index in [2.05, 4.69) is 115 Å². The molecule has 0 fully saturated rings. The fourth-order valence-corrected chi connectivity index (χ4v) is 29.1. The summed E-state index contributed by atoms with van der Waals surface area (Å²) in [5, 5.41) is 0. The van der Waals surface area contributed by atoms with Crippen molar-refractivity contribution >= 4 is 43.8 Å². The summed E-state index contributed by atoms with van der Waals surface area (Å²) < 4.78 is 2.52. The Kier molecular flexibility index (Phi) is 10.9. The Hall–Kier alpha value is -1.18. The maximum atomic E-state index is 2.59. The topological polar surface area (TPSA) is 0 Å². The third-order valence-corrected chi connectivity index (χ3v) is 27.4. The second-order valence-corrected chi connectivity index (χ2v) is 29.3. The SMILES string of the molecule is CCCc1c(C)ccc2c1C=C(C)[CH]2[Zr](=[SiH2])([CH2]c1ccccc1)[CH]1C(C)=Cc2c1ccc(C)c2CCC.Cl.Cl. The summed E-state index contributed by atoms with van der Waals surface area (Å²) in [6, 6.07) is 21.3. The number of hydrogen-bond acceptors (Lipinski definition) is 0. The van der Waals surface area contributed by atoms with Gasteiger partial charge in [0.05, 0.1) is 0 Å². The monoisotopic (exact) mass is 653 g/mol. The first-order valence-corrected chi connectivity index (χ1v) is 24.8. The number of hydrogen-bond donors (Lipinski definition) is 0. The number of rotatable bonds is 8. The zero-order valence-electron chi connectivity index (χ0n) is 24.6. The molecule has 0 N–H and O–H groups in total. The van der Waals surface area contributed by atoms with Gasteiger partial charge in [-0.25, -0.2) is 0 Å². The Balaban J connectivity index is 0.00000210. The van der Waals surface area contributed by atoms with Crippen LogP contribution >= 0.6 is 24.8 Å². The van der Waals surface area contributed by atoms with Crippen LogP contribution in [0.5, 0.6) is 0 Å². The quantitative estimate of drug-likeness (QED) is 0.212. The van der Waals surface area contributed by atoms with Gasteiger partial charge in [0.2, 0.25) is 0 Å². The molecule has 3 aromatic rings. The molecule has 0 bridgehead atoms. The third-order valence-electron chi connectivity index (χ3n) is 9.05. The van der Waals surface area contributed by atoms with E-state index in [9.17, 15) is 0 Å². The molecule has 0 nitrogen and oxygen atoms in total. The number of allylic oxidation sites excluding steroid dienone is 2. The largest absolute Gasteiger partial charge is 0.147 e. The second kappa shape index (κ2) is 13.2. The molecule has 0 aliphatic heterocycles. The van der Waals surface area contributed by atoms with E-state index in [0.717, 1.165) is 0 Å². The molecule has 2 atom stereocenters. The van der Waals surface area contributed by atoms with Crippen LogP contribution in [0.2, 0.25) is 0 Å². The molecule has 0 radical (unpaired) electrons. The molecule has 0 amide bonds. The predicted octanol–water partition coefficient (Wildman–Crippen LogP) is 9.57. The first-order chi connectivity index (χ1) is 17.8. The smallest absolute Gasteiger partial charge is 0.147 e. The summed E-state index contributed by atoms with van der Waals surface area (Å²) in [5.41, 5.74) is 17.4. The molecular formula is C35H45Cl2SiZr. The second-order valence-electron chi connectivity index (χ2n) is 11.8. The van der Waals surface area contributed by atoms with Gasteiger partial charge in [0.25, 0.3) is 0 Å². The van der Waals surface area contributed by atoms with Crippen LogP contribution < -0.4 is 0 Å². The van der Waals surface area contributed by atoms with Crippen LogP contribution in [0.4, 0.5) is 0 Å². The van der Waals surface area contributed by atoms with E-state index in [1.807, 2.05) is 0 Å². The molecule has 4 heteroatoms. The Labute approximate surface area is 255 Å². The van der Waals surface area contributed by atoms with Gasteiger partial charge in [-0.15, -0.1) is 24.8 Å². The normalized spacial score (nSPS) is 18.7. The summed E-state index contributed by atoms with van der Waals surface area (Å²) in [6.45, 7) is 16.7. The average molecular weight is 656 g/mol. The van der Waals surface area contributed by atoms with E-state index in [-0.39, 0.29) is 24.8 Å². The molecule has 2 aliphatic rings. The fraction of sp³-hybridized carbons (Fsp3) is 0.371. The zero-order valence-corrected chi connectivity index (χ0v) is 30.1. The van der Waals surface area contributed by atoms with Crippen molar-refractivity contribution in [1.82, 2.24) is 0 Å². The van der Waals surface area contributed by atoms with Crippen LogP contribution in [0.15, 0.2) is 65.7 Å². The van der Waals surface area contributed by atoms with Gasteiger partial charge in [0.1, 0.15) is 0 Å². The Bertz CT molecular complexity index is 1360. The predicted molar refractivity (Wildman–Crippen MR) is 176 cm³/mol. The molecule has 207 valence electrons. The van der Waals surface area contributed by atoms with Crippen LogP contribution in [0.25, 0.3) is 12.2 Å². The van der Waals surface area contributed by atoms with Crippen molar-refractivity contribution in [3.8, 4) is 0 Å². The van der Waals surface area contributed by atoms with Gasteiger partial charge in [0.15, 0.2) is 0 Å². The molecular weight excluding hydrogens is 611 g/mol. The molecule has 5 rings (SSSR count). The van der Waals surface area contributed by atoms with Crippen molar-refractivity contribution < 1.29 is 18.9 Å². The summed E-state index contributed by atoms with van der Waals surface area (Å²) in [4.78, 5) is 0. The van der Waals surface area contributed by atoms with Crippen molar-refractivity contribution in [3.05, 3.63) is 116 Å². The van der Waals surface area contributed by atoms with Crippen LogP contribution in [-0.4, -0.2) is 6.88 Å². The first kappa shape index (κ1) is 32.3. The molecule has 3 aromatic carbocycles. The van der Waals surface area contributed by atoms with Crippen LogP contribution in [0.1, 0.15) is 97.9 Å². The van der Waals surface area contributed by atoms with Crippen molar-refractivity contribution in [2.45, 2.75) is 78.6 Å². The summed E-state index contributed by atoms with van der Waals surface area (Å²) >= 11 is -3.03. The summed E-state index contributed by atoms with van der Waals surface area (Å²) in [5.74, 6) is 0. The molecule has 2 unspecified atom stereocenters. The molecule has 0 spiro atoms. The van der Waals surface area contributed by atoms with Gasteiger partial charge < -0.3 is 0 Å². The van der Waals surface area contributed by atoms with Crippen molar-refractivity contribution in [2.24, 2.45) is 0 Å². The van der Waals surface area contributed by atoms with Crippen LogP contribution in [-0.2, 0) is 35.9 Å². The van der Waals surface area contributed by atoms with Gasteiger partial charge in [-0.3, -0.25) is 0 Å². The number of fused-ring (bicyclic) bond motifs is 2. The van der Waals surface area contributed by atoms with E-state index in [4.69, 9.17) is 0 Å². The molecule has 2 aliphatic carbocycles. The fourth-order valence-electron chi connectivity index (χ4n) is 7.58. The van der Waals surface area contributed by atoms with Gasteiger partial charge >= 0.3 is 232 Å². The standard InChI is InChI=1S/2C14H17.C7H7.2ClH.H2Si.Zr/c2*1-4-5-13-11(3)6-7-12-8-10(2)9-14(12)13;1-7-5-3-2-4-6-7;;;;/h2*6-9H,4-5H2,1-3H3;2-6H,1H2;2*1H;1H2;. The van der Waals surface area contributed by atoms with Crippen molar-refractivity contribution in [3.63, 3.8) is 0 Å². The maximum Gasteiger partial charge on any atom is -0.147 e. The zero-order chi connectivity index (χ0) is 26.3. The molecule has 0 heterocycles. The van der Waals surface area contributed by atoms with Crippen molar-refractivity contribution in [2.75, 3.05) is 0 Å². The van der Waals surface area contributed by atoms with Gasteiger partial charge in [-0.05, 0) is 0 Å². The van der Waals surface area contributed by atoms with E-state index in [1.165, 1.54) is 46.5 Å². The van der Waals surface area contributed by atoms with E-state index in [1.54, 1.807) is 44.5 Å². The minimum atomic E-state index is -3.03. The number of halogens is 2.